The Hall–Kier alpha value is -1.06. The Morgan fingerprint density at radius 2 is 2.27 bits per heavy atom. The van der Waals surface area contributed by atoms with Crippen molar-refractivity contribution in [2.45, 2.75) is 18.9 Å². The van der Waals surface area contributed by atoms with Crippen LogP contribution in [-0.2, 0) is 14.3 Å². The highest BCUT2D eigenvalue weighted by atomic mass is 16.6. The Kier molecular flexibility index (Phi) is 1.19. The Morgan fingerprint density at radius 3 is 2.64 bits per heavy atom. The van der Waals surface area contributed by atoms with Crippen molar-refractivity contribution in [1.82, 2.24) is 0 Å². The predicted molar refractivity (Wildman–Crippen MR) is 33.7 cm³/mol. The lowest BCUT2D eigenvalue weighted by Crippen LogP contribution is -2.28. The van der Waals surface area contributed by atoms with Crippen LogP contribution in [0.1, 0.15) is 12.8 Å². The molecule has 1 saturated carbocycles. The summed E-state index contributed by atoms with van der Waals surface area (Å²) >= 11 is 0. The number of carboxylic acids is 1. The standard InChI is InChI=1S/C7H8O4/c8-6(9)4-1-3-2-5(4)7(10)11-3/h3-5H,1-2H2,(H,8,9)/t3?,4-,5-/m1/s1. The van der Waals surface area contributed by atoms with E-state index in [9.17, 15) is 9.59 Å². The molecule has 2 bridgehead atoms. The van der Waals surface area contributed by atoms with Crippen LogP contribution < -0.4 is 0 Å². The summed E-state index contributed by atoms with van der Waals surface area (Å²) in [5.74, 6) is -2.04. The largest absolute Gasteiger partial charge is 0.481 e. The second-order valence-corrected chi connectivity index (χ2v) is 3.08. The van der Waals surface area contributed by atoms with Gasteiger partial charge in [-0.1, -0.05) is 0 Å². The molecule has 60 valence electrons. The number of carbonyl (C=O) groups excluding carboxylic acids is 1. The fraction of sp³-hybridized carbons (Fsp3) is 0.714. The molecule has 1 saturated heterocycles. The predicted octanol–water partition coefficient (Wildman–Crippen LogP) is 0.0226. The lowest BCUT2D eigenvalue weighted by Gasteiger charge is -2.16. The first-order valence-electron chi connectivity index (χ1n) is 3.62. The second kappa shape index (κ2) is 1.96. The molecule has 1 aliphatic carbocycles. The summed E-state index contributed by atoms with van der Waals surface area (Å²) in [7, 11) is 0. The third-order valence-corrected chi connectivity index (χ3v) is 2.42. The minimum absolute atomic E-state index is 0.117. The van der Waals surface area contributed by atoms with E-state index in [1.165, 1.54) is 0 Å². The van der Waals surface area contributed by atoms with E-state index >= 15 is 0 Å². The fourth-order valence-electron chi connectivity index (χ4n) is 1.87. The lowest BCUT2D eigenvalue weighted by atomic mass is 9.96. The first-order valence-corrected chi connectivity index (χ1v) is 3.62. The molecule has 3 atom stereocenters. The van der Waals surface area contributed by atoms with E-state index in [1.54, 1.807) is 0 Å². The average molecular weight is 156 g/mol. The smallest absolute Gasteiger partial charge is 0.310 e. The maximum Gasteiger partial charge on any atom is 0.310 e. The summed E-state index contributed by atoms with van der Waals surface area (Å²) < 4.78 is 4.84. The van der Waals surface area contributed by atoms with Crippen LogP contribution in [-0.4, -0.2) is 23.1 Å². The summed E-state index contributed by atoms with van der Waals surface area (Å²) in [6.45, 7) is 0. The molecule has 2 aliphatic rings. The zero-order valence-corrected chi connectivity index (χ0v) is 5.82. The molecule has 1 aliphatic heterocycles. The monoisotopic (exact) mass is 156 g/mol. The van der Waals surface area contributed by atoms with Gasteiger partial charge in [-0.2, -0.15) is 0 Å². The normalized spacial score (nSPS) is 40.7. The Morgan fingerprint density at radius 1 is 1.55 bits per heavy atom. The van der Waals surface area contributed by atoms with Gasteiger partial charge in [0.1, 0.15) is 6.10 Å². The van der Waals surface area contributed by atoms with Crippen LogP contribution in [0.25, 0.3) is 0 Å². The van der Waals surface area contributed by atoms with Gasteiger partial charge in [0, 0.05) is 0 Å². The lowest BCUT2D eigenvalue weighted by molar-refractivity contribution is -0.158. The van der Waals surface area contributed by atoms with Crippen molar-refractivity contribution in [3.8, 4) is 0 Å². The molecule has 2 rings (SSSR count). The van der Waals surface area contributed by atoms with Gasteiger partial charge in [-0.05, 0) is 12.8 Å². The molecule has 1 heterocycles. The fourth-order valence-corrected chi connectivity index (χ4v) is 1.87. The number of fused-ring (bicyclic) bond motifs is 2. The van der Waals surface area contributed by atoms with Crippen LogP contribution in [0.4, 0.5) is 0 Å². The molecule has 0 spiro atoms. The molecular formula is C7H8O4. The van der Waals surface area contributed by atoms with Gasteiger partial charge in [0.2, 0.25) is 0 Å². The van der Waals surface area contributed by atoms with Crippen LogP contribution in [0.2, 0.25) is 0 Å². The number of esters is 1. The molecule has 0 aromatic heterocycles. The van der Waals surface area contributed by atoms with Crippen molar-refractivity contribution in [3.05, 3.63) is 0 Å². The van der Waals surface area contributed by atoms with Gasteiger partial charge in [0.25, 0.3) is 0 Å². The number of carboxylic acid groups (broad SMARTS) is 1. The molecule has 0 aromatic carbocycles. The summed E-state index contributed by atoms with van der Waals surface area (Å²) in [4.78, 5) is 21.4. The van der Waals surface area contributed by atoms with Crippen molar-refractivity contribution in [3.63, 3.8) is 0 Å². The Bertz CT molecular complexity index is 222. The topological polar surface area (TPSA) is 63.6 Å². The number of ether oxygens (including phenoxy) is 1. The molecule has 1 N–H and O–H groups in total. The zero-order valence-electron chi connectivity index (χ0n) is 5.82. The first kappa shape index (κ1) is 6.64. The van der Waals surface area contributed by atoms with E-state index < -0.39 is 11.9 Å². The SMILES string of the molecule is O=C(O)[C@@H]1CC2C[C@H]1C(=O)O2. The summed E-state index contributed by atoms with van der Waals surface area (Å²) in [6, 6.07) is 0. The van der Waals surface area contributed by atoms with E-state index in [0.717, 1.165) is 0 Å². The van der Waals surface area contributed by atoms with Gasteiger partial charge in [-0.25, -0.2) is 0 Å². The van der Waals surface area contributed by atoms with Gasteiger partial charge < -0.3 is 9.84 Å². The highest BCUT2D eigenvalue weighted by Crippen LogP contribution is 2.40. The first-order chi connectivity index (χ1) is 5.18. The van der Waals surface area contributed by atoms with Crippen LogP contribution in [0.15, 0.2) is 0 Å². The second-order valence-electron chi connectivity index (χ2n) is 3.08. The van der Waals surface area contributed by atoms with Gasteiger partial charge in [0.15, 0.2) is 0 Å². The molecule has 0 amide bonds. The highest BCUT2D eigenvalue weighted by Gasteiger charge is 2.50. The summed E-state index contributed by atoms with van der Waals surface area (Å²) in [6.07, 6.45) is 0.996. The van der Waals surface area contributed by atoms with Crippen molar-refractivity contribution in [2.24, 2.45) is 11.8 Å². The molecule has 2 fully saturated rings. The maximum absolute atomic E-state index is 10.9. The van der Waals surface area contributed by atoms with Gasteiger partial charge in [-0.15, -0.1) is 0 Å². The highest BCUT2D eigenvalue weighted by molar-refractivity contribution is 5.84. The number of carbonyl (C=O) groups is 2. The molecule has 1 unspecified atom stereocenters. The minimum Gasteiger partial charge on any atom is -0.481 e. The van der Waals surface area contributed by atoms with Crippen molar-refractivity contribution in [1.29, 1.82) is 0 Å². The third-order valence-electron chi connectivity index (χ3n) is 2.42. The van der Waals surface area contributed by atoms with Crippen LogP contribution in [0.3, 0.4) is 0 Å². The van der Waals surface area contributed by atoms with E-state index in [-0.39, 0.29) is 18.0 Å². The number of hydrogen-bond donors (Lipinski definition) is 1. The van der Waals surface area contributed by atoms with Gasteiger partial charge in [-0.3, -0.25) is 9.59 Å². The van der Waals surface area contributed by atoms with E-state index in [1.807, 2.05) is 0 Å². The van der Waals surface area contributed by atoms with E-state index in [4.69, 9.17) is 9.84 Å². The van der Waals surface area contributed by atoms with Gasteiger partial charge >= 0.3 is 11.9 Å². The zero-order chi connectivity index (χ0) is 8.01. The Labute approximate surface area is 63.1 Å². The number of rotatable bonds is 1. The van der Waals surface area contributed by atoms with E-state index in [0.29, 0.717) is 12.8 Å². The quantitative estimate of drug-likeness (QED) is 0.544. The van der Waals surface area contributed by atoms with Gasteiger partial charge in [0.05, 0.1) is 11.8 Å². The van der Waals surface area contributed by atoms with Crippen LogP contribution in [0, 0.1) is 11.8 Å². The summed E-state index contributed by atoms with van der Waals surface area (Å²) in [5, 5.41) is 8.65. The molecule has 11 heavy (non-hydrogen) atoms. The molecule has 0 aromatic rings. The third kappa shape index (κ3) is 0.818. The average Bonchev–Trinajstić information content (AvgIpc) is 2.43. The Balaban J connectivity index is 2.18. The molecule has 4 nitrogen and oxygen atoms in total. The molecular weight excluding hydrogens is 148 g/mol. The maximum atomic E-state index is 10.9. The van der Waals surface area contributed by atoms with Crippen LogP contribution in [0.5, 0.6) is 0 Å². The number of aliphatic carboxylic acids is 1. The number of hydrogen-bond acceptors (Lipinski definition) is 3. The summed E-state index contributed by atoms with van der Waals surface area (Å²) in [5.41, 5.74) is 0. The molecule has 0 radical (unpaired) electrons. The minimum atomic E-state index is -0.867. The molecule has 4 heteroatoms. The van der Waals surface area contributed by atoms with E-state index in [2.05, 4.69) is 0 Å². The van der Waals surface area contributed by atoms with Crippen molar-refractivity contribution < 1.29 is 19.4 Å². The van der Waals surface area contributed by atoms with Crippen LogP contribution >= 0.6 is 0 Å². The van der Waals surface area contributed by atoms with Crippen molar-refractivity contribution in [2.75, 3.05) is 0 Å². The van der Waals surface area contributed by atoms with Crippen molar-refractivity contribution >= 4 is 11.9 Å².